The molecule has 0 aromatic heterocycles. The lowest BCUT2D eigenvalue weighted by molar-refractivity contribution is -0.138. The third-order valence-corrected chi connectivity index (χ3v) is 1.67. The molecule has 60 valence electrons. The average Bonchev–Trinajstić information content (AvgIpc) is 1.87. The zero-order chi connectivity index (χ0) is 8.15. The van der Waals surface area contributed by atoms with Gasteiger partial charge in [-0.05, 0) is 12.3 Å². The van der Waals surface area contributed by atoms with E-state index in [-0.39, 0.29) is 0 Å². The second kappa shape index (κ2) is 4.28. The molecule has 0 fully saturated rings. The lowest BCUT2D eigenvalue weighted by Crippen LogP contribution is -2.31. The van der Waals surface area contributed by atoms with E-state index < -0.39 is 12.0 Å². The number of rotatable bonds is 4. The van der Waals surface area contributed by atoms with Crippen LogP contribution in [-0.4, -0.2) is 17.1 Å². The standard InChI is InChI=1S/C7H15NO2/c1-3-5(2)4-6(8)7(9)10/h5-6H,3-4,8H2,1-2H3,(H,9,10). The van der Waals surface area contributed by atoms with Crippen LogP contribution in [0.4, 0.5) is 0 Å². The van der Waals surface area contributed by atoms with Gasteiger partial charge < -0.3 is 10.8 Å². The SMILES string of the molecule is CCC(C)CC(N)C(=O)O. The molecule has 2 atom stereocenters. The van der Waals surface area contributed by atoms with Gasteiger partial charge in [-0.3, -0.25) is 4.79 Å². The third kappa shape index (κ3) is 3.45. The molecule has 3 nitrogen and oxygen atoms in total. The number of nitrogens with two attached hydrogens (primary N) is 1. The van der Waals surface area contributed by atoms with Crippen molar-refractivity contribution in [2.24, 2.45) is 11.7 Å². The second-order valence-corrected chi connectivity index (χ2v) is 2.69. The van der Waals surface area contributed by atoms with E-state index in [4.69, 9.17) is 10.8 Å². The zero-order valence-electron chi connectivity index (χ0n) is 6.50. The number of carboxylic acid groups (broad SMARTS) is 1. The van der Waals surface area contributed by atoms with Crippen LogP contribution in [0.25, 0.3) is 0 Å². The van der Waals surface area contributed by atoms with Crippen molar-refractivity contribution in [3.8, 4) is 0 Å². The fraction of sp³-hybridized carbons (Fsp3) is 0.857. The Labute approximate surface area is 61.2 Å². The highest BCUT2D eigenvalue weighted by Crippen LogP contribution is 2.07. The van der Waals surface area contributed by atoms with E-state index in [9.17, 15) is 4.79 Å². The van der Waals surface area contributed by atoms with Crippen LogP contribution in [0.2, 0.25) is 0 Å². The van der Waals surface area contributed by atoms with Gasteiger partial charge in [0.05, 0.1) is 0 Å². The van der Waals surface area contributed by atoms with Gasteiger partial charge >= 0.3 is 5.97 Å². The Bertz CT molecular complexity index is 114. The molecule has 3 N–H and O–H groups in total. The monoisotopic (exact) mass is 145 g/mol. The second-order valence-electron chi connectivity index (χ2n) is 2.69. The smallest absolute Gasteiger partial charge is 0.320 e. The van der Waals surface area contributed by atoms with E-state index in [1.807, 2.05) is 13.8 Å². The van der Waals surface area contributed by atoms with Crippen molar-refractivity contribution < 1.29 is 9.90 Å². The maximum absolute atomic E-state index is 10.2. The summed E-state index contributed by atoms with van der Waals surface area (Å²) in [5.41, 5.74) is 5.29. The van der Waals surface area contributed by atoms with Crippen LogP contribution in [0.1, 0.15) is 26.7 Å². The van der Waals surface area contributed by atoms with E-state index in [2.05, 4.69) is 0 Å². The van der Waals surface area contributed by atoms with Crippen LogP contribution in [0.5, 0.6) is 0 Å². The summed E-state index contributed by atoms with van der Waals surface area (Å²) < 4.78 is 0. The lowest BCUT2D eigenvalue weighted by atomic mass is 10.0. The Morgan fingerprint density at radius 3 is 2.50 bits per heavy atom. The molecule has 0 aliphatic carbocycles. The summed E-state index contributed by atoms with van der Waals surface area (Å²) in [5, 5.41) is 8.40. The highest BCUT2D eigenvalue weighted by Gasteiger charge is 2.13. The first-order valence-electron chi connectivity index (χ1n) is 3.56. The van der Waals surface area contributed by atoms with Crippen molar-refractivity contribution in [1.29, 1.82) is 0 Å². The molecule has 0 saturated heterocycles. The molecule has 0 aromatic rings. The zero-order valence-corrected chi connectivity index (χ0v) is 6.50. The van der Waals surface area contributed by atoms with Crippen LogP contribution >= 0.6 is 0 Å². The molecule has 0 saturated carbocycles. The summed E-state index contributed by atoms with van der Waals surface area (Å²) >= 11 is 0. The molecule has 0 heterocycles. The highest BCUT2D eigenvalue weighted by molar-refractivity contribution is 5.72. The summed E-state index contributed by atoms with van der Waals surface area (Å²) in [7, 11) is 0. The van der Waals surface area contributed by atoms with Crippen LogP contribution in [0.15, 0.2) is 0 Å². The number of aliphatic carboxylic acids is 1. The summed E-state index contributed by atoms with van der Waals surface area (Å²) in [6, 6.07) is -0.685. The Hall–Kier alpha value is -0.570. The highest BCUT2D eigenvalue weighted by atomic mass is 16.4. The Kier molecular flexibility index (Phi) is 4.03. The van der Waals surface area contributed by atoms with Gasteiger partial charge in [-0.15, -0.1) is 0 Å². The largest absolute Gasteiger partial charge is 0.480 e. The van der Waals surface area contributed by atoms with Gasteiger partial charge in [0.25, 0.3) is 0 Å². The van der Waals surface area contributed by atoms with Crippen LogP contribution in [0.3, 0.4) is 0 Å². The minimum Gasteiger partial charge on any atom is -0.480 e. The molecule has 0 aliphatic rings. The van der Waals surface area contributed by atoms with Gasteiger partial charge in [-0.25, -0.2) is 0 Å². The molecule has 2 unspecified atom stereocenters. The average molecular weight is 145 g/mol. The molecule has 0 amide bonds. The van der Waals surface area contributed by atoms with Gasteiger partial charge in [0.15, 0.2) is 0 Å². The molecular weight excluding hydrogens is 130 g/mol. The van der Waals surface area contributed by atoms with E-state index in [1.54, 1.807) is 0 Å². The maximum Gasteiger partial charge on any atom is 0.320 e. The first-order valence-corrected chi connectivity index (χ1v) is 3.56. The lowest BCUT2D eigenvalue weighted by Gasteiger charge is -2.10. The molecule has 0 rings (SSSR count). The van der Waals surface area contributed by atoms with Crippen molar-refractivity contribution in [3.63, 3.8) is 0 Å². The summed E-state index contributed by atoms with van der Waals surface area (Å²) in [4.78, 5) is 10.2. The fourth-order valence-corrected chi connectivity index (χ4v) is 0.701. The van der Waals surface area contributed by atoms with Gasteiger partial charge in [-0.2, -0.15) is 0 Å². The van der Waals surface area contributed by atoms with Crippen molar-refractivity contribution in [2.75, 3.05) is 0 Å². The van der Waals surface area contributed by atoms with E-state index in [1.165, 1.54) is 0 Å². The molecule has 0 spiro atoms. The Balaban J connectivity index is 3.56. The first kappa shape index (κ1) is 9.43. The summed E-state index contributed by atoms with van der Waals surface area (Å²) in [5.74, 6) is -0.494. The van der Waals surface area contributed by atoms with Crippen molar-refractivity contribution in [2.45, 2.75) is 32.7 Å². The molecule has 0 radical (unpaired) electrons. The van der Waals surface area contributed by atoms with Crippen molar-refractivity contribution in [3.05, 3.63) is 0 Å². The van der Waals surface area contributed by atoms with Crippen LogP contribution in [0, 0.1) is 5.92 Å². The molecule has 3 heteroatoms. The van der Waals surface area contributed by atoms with Gasteiger partial charge in [0.2, 0.25) is 0 Å². The Morgan fingerprint density at radius 2 is 2.20 bits per heavy atom. The van der Waals surface area contributed by atoms with Crippen LogP contribution < -0.4 is 5.73 Å². The first-order chi connectivity index (χ1) is 4.57. The van der Waals surface area contributed by atoms with E-state index >= 15 is 0 Å². The number of hydrogen-bond donors (Lipinski definition) is 2. The molecule has 0 aromatic carbocycles. The van der Waals surface area contributed by atoms with Gasteiger partial charge in [-0.1, -0.05) is 20.3 Å². The molecule has 0 aliphatic heterocycles. The predicted molar refractivity (Wildman–Crippen MR) is 39.7 cm³/mol. The molecule has 10 heavy (non-hydrogen) atoms. The van der Waals surface area contributed by atoms with Crippen LogP contribution in [-0.2, 0) is 4.79 Å². The number of hydrogen-bond acceptors (Lipinski definition) is 2. The van der Waals surface area contributed by atoms with E-state index in [0.29, 0.717) is 12.3 Å². The van der Waals surface area contributed by atoms with Gasteiger partial charge in [0.1, 0.15) is 6.04 Å². The maximum atomic E-state index is 10.2. The van der Waals surface area contributed by atoms with E-state index in [0.717, 1.165) is 6.42 Å². The minimum atomic E-state index is -0.902. The molecule has 0 bridgehead atoms. The normalized spacial score (nSPS) is 16.3. The third-order valence-electron chi connectivity index (χ3n) is 1.67. The number of carbonyl (C=O) groups is 1. The molecular formula is C7H15NO2. The van der Waals surface area contributed by atoms with Gasteiger partial charge in [0, 0.05) is 0 Å². The summed E-state index contributed by atoms with van der Waals surface area (Å²) in [6.07, 6.45) is 1.56. The van der Waals surface area contributed by atoms with Crippen molar-refractivity contribution >= 4 is 5.97 Å². The summed E-state index contributed by atoms with van der Waals surface area (Å²) in [6.45, 7) is 4.03. The fourth-order valence-electron chi connectivity index (χ4n) is 0.701. The minimum absolute atomic E-state index is 0.408. The Morgan fingerprint density at radius 1 is 1.70 bits per heavy atom. The van der Waals surface area contributed by atoms with Crippen molar-refractivity contribution in [1.82, 2.24) is 0 Å². The predicted octanol–water partition coefficient (Wildman–Crippen LogP) is 0.834. The quantitative estimate of drug-likeness (QED) is 0.616. The number of carboxylic acids is 1. The topological polar surface area (TPSA) is 63.3 Å².